The van der Waals surface area contributed by atoms with E-state index in [2.05, 4.69) is 5.32 Å². The number of benzene rings is 1. The van der Waals surface area contributed by atoms with Crippen LogP contribution in [0.1, 0.15) is 35.2 Å². The molecule has 2 fully saturated rings. The highest BCUT2D eigenvalue weighted by atomic mass is 35.5. The summed E-state index contributed by atoms with van der Waals surface area (Å²) in [4.78, 5) is 24.6. The Labute approximate surface area is 161 Å². The standard InChI is InChI=1S/C18H22F3N3O2.ClH/c1-9-2-3-12(16(25)23-8-18(19,20)21)7-13(9)24-17(26)14-10-4-5-11(6-10)15(14)22;/h2-3,7,10-11,14-15H,4-6,8,22H2,1H3,(H,23,25)(H,24,26);1H. The third-order valence-corrected chi connectivity index (χ3v) is 5.49. The Balaban J connectivity index is 0.00000261. The van der Waals surface area contributed by atoms with Gasteiger partial charge in [0, 0.05) is 17.3 Å². The van der Waals surface area contributed by atoms with Gasteiger partial charge in [-0.05, 0) is 55.7 Å². The van der Waals surface area contributed by atoms with Gasteiger partial charge in [-0.15, -0.1) is 12.4 Å². The first-order valence-electron chi connectivity index (χ1n) is 8.68. The number of amides is 2. The Bertz CT molecular complexity index is 724. The number of rotatable bonds is 4. The molecule has 4 N–H and O–H groups in total. The molecule has 0 heterocycles. The van der Waals surface area contributed by atoms with E-state index in [-0.39, 0.29) is 41.8 Å². The van der Waals surface area contributed by atoms with Crippen molar-refractivity contribution in [1.82, 2.24) is 5.32 Å². The molecule has 0 spiro atoms. The quantitative estimate of drug-likeness (QED) is 0.720. The Hall–Kier alpha value is -1.80. The van der Waals surface area contributed by atoms with Crippen LogP contribution in [0.15, 0.2) is 18.2 Å². The summed E-state index contributed by atoms with van der Waals surface area (Å²) in [6, 6.07) is 4.27. The second kappa shape index (κ2) is 8.06. The number of carbonyl (C=O) groups is 2. The molecule has 2 aliphatic carbocycles. The Morgan fingerprint density at radius 2 is 1.89 bits per heavy atom. The smallest absolute Gasteiger partial charge is 0.343 e. The minimum atomic E-state index is -4.48. The van der Waals surface area contributed by atoms with E-state index in [9.17, 15) is 22.8 Å². The number of aryl methyl sites for hydroxylation is 1. The van der Waals surface area contributed by atoms with Crippen LogP contribution < -0.4 is 16.4 Å². The van der Waals surface area contributed by atoms with Crippen molar-refractivity contribution in [3.05, 3.63) is 29.3 Å². The number of hydrogen-bond acceptors (Lipinski definition) is 3. The summed E-state index contributed by atoms with van der Waals surface area (Å²) in [7, 11) is 0. The van der Waals surface area contributed by atoms with Gasteiger partial charge in [0.25, 0.3) is 5.91 Å². The molecular formula is C18H23ClF3N3O2. The molecule has 2 amide bonds. The van der Waals surface area contributed by atoms with E-state index in [1.807, 2.05) is 5.32 Å². The van der Waals surface area contributed by atoms with Crippen molar-refractivity contribution in [2.24, 2.45) is 23.5 Å². The molecule has 3 rings (SSSR count). The van der Waals surface area contributed by atoms with Crippen LogP contribution in [0.25, 0.3) is 0 Å². The molecule has 0 radical (unpaired) electrons. The Morgan fingerprint density at radius 3 is 2.48 bits per heavy atom. The maximum atomic E-state index is 12.7. The zero-order chi connectivity index (χ0) is 19.1. The van der Waals surface area contributed by atoms with Gasteiger partial charge in [0.1, 0.15) is 6.54 Å². The molecule has 0 aliphatic heterocycles. The van der Waals surface area contributed by atoms with Crippen molar-refractivity contribution in [3.63, 3.8) is 0 Å². The molecule has 1 aromatic rings. The van der Waals surface area contributed by atoms with E-state index in [0.717, 1.165) is 24.8 Å². The number of nitrogens with two attached hydrogens (primary N) is 1. The number of hydrogen-bond donors (Lipinski definition) is 3. The van der Waals surface area contributed by atoms with Crippen molar-refractivity contribution < 1.29 is 22.8 Å². The molecule has 2 bridgehead atoms. The zero-order valence-electron chi connectivity index (χ0n) is 14.8. The zero-order valence-corrected chi connectivity index (χ0v) is 15.6. The van der Waals surface area contributed by atoms with Crippen LogP contribution in [0, 0.1) is 24.7 Å². The molecule has 4 unspecified atom stereocenters. The van der Waals surface area contributed by atoms with Crippen LogP contribution in [0.3, 0.4) is 0 Å². The fraction of sp³-hybridized carbons (Fsp3) is 0.556. The van der Waals surface area contributed by atoms with Crippen LogP contribution >= 0.6 is 12.4 Å². The molecule has 0 aromatic heterocycles. The fourth-order valence-electron chi connectivity index (χ4n) is 4.12. The lowest BCUT2D eigenvalue weighted by molar-refractivity contribution is -0.123. The normalized spacial score (nSPS) is 26.4. The maximum absolute atomic E-state index is 12.7. The lowest BCUT2D eigenvalue weighted by Gasteiger charge is -2.27. The monoisotopic (exact) mass is 405 g/mol. The van der Waals surface area contributed by atoms with Crippen molar-refractivity contribution in [1.29, 1.82) is 0 Å². The van der Waals surface area contributed by atoms with E-state index in [1.54, 1.807) is 13.0 Å². The van der Waals surface area contributed by atoms with Crippen molar-refractivity contribution in [2.45, 2.75) is 38.4 Å². The molecular weight excluding hydrogens is 383 g/mol. The van der Waals surface area contributed by atoms with Crippen molar-refractivity contribution in [3.8, 4) is 0 Å². The fourth-order valence-corrected chi connectivity index (χ4v) is 4.12. The van der Waals surface area contributed by atoms with Gasteiger partial charge >= 0.3 is 6.18 Å². The third kappa shape index (κ3) is 4.73. The number of alkyl halides is 3. The number of nitrogens with one attached hydrogen (secondary N) is 2. The second-order valence-corrected chi connectivity index (χ2v) is 7.25. The van der Waals surface area contributed by atoms with Gasteiger partial charge in [0.15, 0.2) is 0 Å². The van der Waals surface area contributed by atoms with Gasteiger partial charge in [-0.3, -0.25) is 9.59 Å². The average Bonchev–Trinajstić information content (AvgIpc) is 3.15. The Kier molecular flexibility index (Phi) is 6.42. The van der Waals surface area contributed by atoms with E-state index >= 15 is 0 Å². The molecule has 2 aliphatic rings. The summed E-state index contributed by atoms with van der Waals surface area (Å²) >= 11 is 0. The van der Waals surface area contributed by atoms with E-state index in [0.29, 0.717) is 11.6 Å². The number of anilines is 1. The van der Waals surface area contributed by atoms with Crippen LogP contribution in [-0.2, 0) is 4.79 Å². The third-order valence-electron chi connectivity index (χ3n) is 5.49. The molecule has 1 aromatic carbocycles. The summed E-state index contributed by atoms with van der Waals surface area (Å²) in [6.07, 6.45) is -1.45. The average molecular weight is 406 g/mol. The molecule has 4 atom stereocenters. The molecule has 27 heavy (non-hydrogen) atoms. The van der Waals surface area contributed by atoms with Gasteiger partial charge in [0.05, 0.1) is 5.92 Å². The van der Waals surface area contributed by atoms with Gasteiger partial charge in [0.2, 0.25) is 5.91 Å². The maximum Gasteiger partial charge on any atom is 0.405 e. The summed E-state index contributed by atoms with van der Waals surface area (Å²) in [5, 5.41) is 4.64. The highest BCUT2D eigenvalue weighted by molar-refractivity contribution is 5.98. The predicted molar refractivity (Wildman–Crippen MR) is 97.7 cm³/mol. The largest absolute Gasteiger partial charge is 0.405 e. The van der Waals surface area contributed by atoms with Crippen molar-refractivity contribution in [2.75, 3.05) is 11.9 Å². The second-order valence-electron chi connectivity index (χ2n) is 7.25. The summed E-state index contributed by atoms with van der Waals surface area (Å²) in [6.45, 7) is 0.356. The van der Waals surface area contributed by atoms with E-state index in [4.69, 9.17) is 5.73 Å². The first-order chi connectivity index (χ1) is 12.2. The van der Waals surface area contributed by atoms with Crippen LogP contribution in [0.2, 0.25) is 0 Å². The molecule has 0 saturated heterocycles. The van der Waals surface area contributed by atoms with E-state index in [1.165, 1.54) is 12.1 Å². The van der Waals surface area contributed by atoms with Gasteiger partial charge < -0.3 is 16.4 Å². The first-order valence-corrected chi connectivity index (χ1v) is 8.68. The van der Waals surface area contributed by atoms with Crippen molar-refractivity contribution >= 4 is 29.9 Å². The predicted octanol–water partition coefficient (Wildman–Crippen LogP) is 3.02. The molecule has 5 nitrogen and oxygen atoms in total. The van der Waals surface area contributed by atoms with Crippen LogP contribution in [0.4, 0.5) is 18.9 Å². The van der Waals surface area contributed by atoms with Gasteiger partial charge in [-0.25, -0.2) is 0 Å². The molecule has 150 valence electrons. The van der Waals surface area contributed by atoms with Crippen LogP contribution in [-0.4, -0.2) is 30.6 Å². The van der Waals surface area contributed by atoms with Gasteiger partial charge in [-0.2, -0.15) is 13.2 Å². The first kappa shape index (κ1) is 21.5. The molecule has 9 heteroatoms. The number of halogens is 4. The SMILES string of the molecule is Cc1ccc(C(=O)NCC(F)(F)F)cc1NC(=O)C1C2CCC(C2)C1N.Cl. The van der Waals surface area contributed by atoms with Gasteiger partial charge in [-0.1, -0.05) is 6.07 Å². The minimum Gasteiger partial charge on any atom is -0.343 e. The number of fused-ring (bicyclic) bond motifs is 2. The summed E-state index contributed by atoms with van der Waals surface area (Å²) < 4.78 is 36.7. The highest BCUT2D eigenvalue weighted by Crippen LogP contribution is 2.48. The van der Waals surface area contributed by atoms with Crippen LogP contribution in [0.5, 0.6) is 0 Å². The summed E-state index contributed by atoms with van der Waals surface area (Å²) in [5.41, 5.74) is 7.39. The lowest BCUT2D eigenvalue weighted by atomic mass is 9.84. The topological polar surface area (TPSA) is 84.2 Å². The number of carbonyl (C=O) groups excluding carboxylic acids is 2. The highest BCUT2D eigenvalue weighted by Gasteiger charge is 2.49. The summed E-state index contributed by atoms with van der Waals surface area (Å²) in [5.74, 6) is -0.601. The minimum absolute atomic E-state index is 0. The molecule has 2 saturated carbocycles. The Morgan fingerprint density at radius 1 is 1.22 bits per heavy atom. The lowest BCUT2D eigenvalue weighted by Crippen LogP contribution is -2.42. The van der Waals surface area contributed by atoms with E-state index < -0.39 is 18.6 Å².